The molecule has 2 fully saturated rings. The molecule has 0 bridgehead atoms. The fourth-order valence-electron chi connectivity index (χ4n) is 4.18. The van der Waals surface area contributed by atoms with E-state index in [1.165, 1.54) is 36.9 Å². The van der Waals surface area contributed by atoms with E-state index in [1.807, 2.05) is 12.1 Å². The first-order valence-electron chi connectivity index (χ1n) is 10.9. The number of nitrogens with one attached hydrogen (secondary N) is 2. The van der Waals surface area contributed by atoms with Crippen LogP contribution in [0.1, 0.15) is 29.5 Å². The summed E-state index contributed by atoms with van der Waals surface area (Å²) in [5.74, 6) is -0.232. The summed E-state index contributed by atoms with van der Waals surface area (Å²) in [6.07, 6.45) is 11.4. The molecule has 2 saturated heterocycles. The normalized spacial score (nSPS) is 18.4. The fourth-order valence-corrected chi connectivity index (χ4v) is 4.18. The van der Waals surface area contributed by atoms with Crippen molar-refractivity contribution in [3.05, 3.63) is 71.7 Å². The minimum Gasteiger partial charge on any atom is -0.404 e. The summed E-state index contributed by atoms with van der Waals surface area (Å²) >= 11 is 0. The minimum absolute atomic E-state index is 0.232. The topological polar surface area (TPSA) is 104 Å². The Bertz CT molecular complexity index is 1010. The Morgan fingerprint density at radius 2 is 1.97 bits per heavy atom. The monoisotopic (exact) mass is 431 g/mol. The van der Waals surface area contributed by atoms with Gasteiger partial charge in [0, 0.05) is 59.7 Å². The van der Waals surface area contributed by atoms with Crippen LogP contribution < -0.4 is 11.1 Å². The number of nitrogens with zero attached hydrogens (tertiary/aromatic N) is 2. The van der Waals surface area contributed by atoms with Gasteiger partial charge in [-0.15, -0.1) is 0 Å². The minimum atomic E-state index is -0.232. The zero-order valence-corrected chi connectivity index (χ0v) is 18.1. The van der Waals surface area contributed by atoms with E-state index in [0.717, 1.165) is 49.7 Å². The lowest BCUT2D eigenvalue weighted by atomic mass is 9.77. The number of ether oxygens (including phenoxy) is 1. The van der Waals surface area contributed by atoms with Crippen LogP contribution in [0.25, 0.3) is 11.6 Å². The molecule has 7 nitrogen and oxygen atoms in total. The first-order valence-corrected chi connectivity index (χ1v) is 10.9. The lowest BCUT2D eigenvalue weighted by Gasteiger charge is -2.47. The van der Waals surface area contributed by atoms with E-state index in [-0.39, 0.29) is 5.91 Å². The molecular formula is C25H29N5O2. The molecule has 0 saturated carbocycles. The van der Waals surface area contributed by atoms with Crippen LogP contribution in [-0.2, 0) is 16.1 Å². The Morgan fingerprint density at radius 1 is 1.22 bits per heavy atom. The molecule has 2 aliphatic rings. The number of rotatable bonds is 7. The second kappa shape index (κ2) is 9.89. The summed E-state index contributed by atoms with van der Waals surface area (Å²) in [5.41, 5.74) is 10.1. The molecule has 1 aromatic carbocycles. The van der Waals surface area contributed by atoms with E-state index in [9.17, 15) is 4.79 Å². The van der Waals surface area contributed by atoms with Crippen LogP contribution in [0.5, 0.6) is 0 Å². The number of amides is 1. The van der Waals surface area contributed by atoms with Crippen molar-refractivity contribution in [3.63, 3.8) is 0 Å². The number of benzene rings is 1. The van der Waals surface area contributed by atoms with E-state index < -0.39 is 0 Å². The number of nitrogens with two attached hydrogens (primary N) is 1. The predicted octanol–water partition coefficient (Wildman–Crippen LogP) is 3.30. The SMILES string of the molecule is N=CC(=CN)c1ccncc1/C=C/C(=O)Nc1ccc(CN2CCC3(CC2)COC3)cc1. The number of hydrogen-bond donors (Lipinski definition) is 3. The third-order valence-electron chi connectivity index (χ3n) is 6.27. The van der Waals surface area contributed by atoms with Crippen molar-refractivity contribution in [2.45, 2.75) is 19.4 Å². The standard InChI is InChI=1S/C25H29N5O2/c26-13-21(14-27)23-7-10-28-15-20(23)3-6-24(31)29-22-4-1-19(2-5-22)16-30-11-8-25(9-12-30)17-32-18-25/h1-7,10,13-15,26H,8-9,11-12,16-18,27H2,(H,29,31)/b6-3+,21-14?,26-13?. The first kappa shape index (κ1) is 21.9. The number of carbonyl (C=O) groups is 1. The molecular weight excluding hydrogens is 402 g/mol. The Hall–Kier alpha value is -3.29. The summed E-state index contributed by atoms with van der Waals surface area (Å²) in [6, 6.07) is 9.77. The van der Waals surface area contributed by atoms with E-state index in [4.69, 9.17) is 15.9 Å². The highest BCUT2D eigenvalue weighted by molar-refractivity contribution is 6.10. The van der Waals surface area contributed by atoms with Crippen molar-refractivity contribution in [1.29, 1.82) is 5.41 Å². The van der Waals surface area contributed by atoms with Crippen LogP contribution >= 0.6 is 0 Å². The molecule has 166 valence electrons. The van der Waals surface area contributed by atoms with Gasteiger partial charge < -0.3 is 21.2 Å². The van der Waals surface area contributed by atoms with Gasteiger partial charge in [-0.25, -0.2) is 0 Å². The number of allylic oxidation sites excluding steroid dienone is 1. The molecule has 32 heavy (non-hydrogen) atoms. The Balaban J connectivity index is 1.31. The Kier molecular flexibility index (Phi) is 6.78. The number of hydrogen-bond acceptors (Lipinski definition) is 6. The third kappa shape index (κ3) is 5.12. The van der Waals surface area contributed by atoms with Crippen LogP contribution in [0.15, 0.2) is 55.0 Å². The van der Waals surface area contributed by atoms with Gasteiger partial charge in [0.1, 0.15) is 0 Å². The molecule has 0 atom stereocenters. The second-order valence-electron chi connectivity index (χ2n) is 8.52. The molecule has 3 heterocycles. The van der Waals surface area contributed by atoms with Crippen molar-refractivity contribution in [3.8, 4) is 0 Å². The summed E-state index contributed by atoms with van der Waals surface area (Å²) in [4.78, 5) is 19.0. The van der Waals surface area contributed by atoms with Gasteiger partial charge in [0.05, 0.1) is 13.2 Å². The molecule has 7 heteroatoms. The average molecular weight is 432 g/mol. The van der Waals surface area contributed by atoms with E-state index in [1.54, 1.807) is 24.5 Å². The summed E-state index contributed by atoms with van der Waals surface area (Å²) in [5, 5.41) is 10.4. The van der Waals surface area contributed by atoms with Crippen molar-refractivity contribution in [1.82, 2.24) is 9.88 Å². The lowest BCUT2D eigenvalue weighted by Crippen LogP contribution is -2.50. The largest absolute Gasteiger partial charge is 0.404 e. The quantitative estimate of drug-likeness (QED) is 0.461. The molecule has 4 N–H and O–H groups in total. The van der Waals surface area contributed by atoms with E-state index >= 15 is 0 Å². The molecule has 2 aromatic rings. The maximum absolute atomic E-state index is 12.4. The van der Waals surface area contributed by atoms with Gasteiger partial charge in [-0.3, -0.25) is 14.7 Å². The van der Waals surface area contributed by atoms with Crippen molar-refractivity contribution in [2.75, 3.05) is 31.6 Å². The zero-order valence-electron chi connectivity index (χ0n) is 18.1. The van der Waals surface area contributed by atoms with Gasteiger partial charge in [-0.1, -0.05) is 12.1 Å². The van der Waals surface area contributed by atoms with Gasteiger partial charge in [0.25, 0.3) is 0 Å². The number of anilines is 1. The molecule has 1 spiro atoms. The molecule has 1 aromatic heterocycles. The molecule has 0 radical (unpaired) electrons. The zero-order chi connectivity index (χ0) is 22.4. The van der Waals surface area contributed by atoms with Crippen LogP contribution in [-0.4, -0.2) is 48.3 Å². The summed E-state index contributed by atoms with van der Waals surface area (Å²) in [6.45, 7) is 5.02. The smallest absolute Gasteiger partial charge is 0.248 e. The third-order valence-corrected chi connectivity index (χ3v) is 6.27. The highest BCUT2D eigenvalue weighted by atomic mass is 16.5. The second-order valence-corrected chi connectivity index (χ2v) is 8.52. The molecule has 4 rings (SSSR count). The van der Waals surface area contributed by atoms with E-state index in [2.05, 4.69) is 27.3 Å². The van der Waals surface area contributed by atoms with Gasteiger partial charge in [-0.2, -0.15) is 0 Å². The number of piperidine rings is 1. The predicted molar refractivity (Wildman–Crippen MR) is 127 cm³/mol. The van der Waals surface area contributed by atoms with Gasteiger partial charge in [0.15, 0.2) is 0 Å². The van der Waals surface area contributed by atoms with Crippen LogP contribution in [0.2, 0.25) is 0 Å². The van der Waals surface area contributed by atoms with Crippen LogP contribution in [0.4, 0.5) is 5.69 Å². The average Bonchev–Trinajstić information content (AvgIpc) is 2.80. The van der Waals surface area contributed by atoms with Gasteiger partial charge in [0.2, 0.25) is 5.91 Å². The van der Waals surface area contributed by atoms with Crippen molar-refractivity contribution in [2.24, 2.45) is 11.1 Å². The van der Waals surface area contributed by atoms with Crippen LogP contribution in [0, 0.1) is 10.8 Å². The number of likely N-dealkylation sites (tertiary alicyclic amines) is 1. The summed E-state index contributed by atoms with van der Waals surface area (Å²) in [7, 11) is 0. The number of carbonyl (C=O) groups excluding carboxylic acids is 1. The maximum Gasteiger partial charge on any atom is 0.248 e. The van der Waals surface area contributed by atoms with E-state index in [0.29, 0.717) is 11.0 Å². The fraction of sp³-hybridized carbons (Fsp3) is 0.320. The first-order chi connectivity index (χ1) is 15.6. The molecule has 1 amide bonds. The van der Waals surface area contributed by atoms with Crippen molar-refractivity contribution >= 4 is 29.5 Å². The molecule has 2 aliphatic heterocycles. The highest BCUT2D eigenvalue weighted by Crippen LogP contribution is 2.38. The number of aromatic nitrogens is 1. The number of pyridine rings is 1. The van der Waals surface area contributed by atoms with Crippen molar-refractivity contribution < 1.29 is 9.53 Å². The van der Waals surface area contributed by atoms with Gasteiger partial charge >= 0.3 is 0 Å². The van der Waals surface area contributed by atoms with Gasteiger partial charge in [-0.05, 0) is 61.3 Å². The lowest BCUT2D eigenvalue weighted by molar-refractivity contribution is -0.140. The summed E-state index contributed by atoms with van der Waals surface area (Å²) < 4.78 is 5.41. The maximum atomic E-state index is 12.4. The molecule has 0 unspecified atom stereocenters. The molecule has 0 aliphatic carbocycles. The Labute approximate surface area is 188 Å². The van der Waals surface area contributed by atoms with Crippen LogP contribution in [0.3, 0.4) is 0 Å². The Morgan fingerprint density at radius 3 is 2.59 bits per heavy atom. The highest BCUT2D eigenvalue weighted by Gasteiger charge is 2.40.